The fraction of sp³-hybridized carbons (Fsp3) is 0.167. The van der Waals surface area contributed by atoms with Gasteiger partial charge < -0.3 is 5.73 Å². The Hall–Kier alpha value is -3.10. The smallest absolute Gasteiger partial charge is 0.292 e. The number of benzene rings is 1. The number of nitro benzene ring substituents is 1. The quantitative estimate of drug-likeness (QED) is 0.492. The Labute approximate surface area is 119 Å². The van der Waals surface area contributed by atoms with Crippen LogP contribution in [0.4, 0.5) is 17.3 Å². The topological polar surface area (TPSA) is 137 Å². The first-order chi connectivity index (χ1) is 9.88. The molecule has 1 amide bonds. The van der Waals surface area contributed by atoms with E-state index in [9.17, 15) is 14.9 Å². The molecular formula is C12H12N6O3. The van der Waals surface area contributed by atoms with Gasteiger partial charge in [-0.3, -0.25) is 20.2 Å². The lowest BCUT2D eigenvalue weighted by molar-refractivity contribution is -0.383. The van der Waals surface area contributed by atoms with E-state index in [1.54, 1.807) is 13.8 Å². The number of rotatable bonds is 3. The number of aromatic nitrogens is 3. The van der Waals surface area contributed by atoms with E-state index >= 15 is 0 Å². The van der Waals surface area contributed by atoms with E-state index < -0.39 is 10.8 Å². The van der Waals surface area contributed by atoms with E-state index in [1.807, 2.05) is 0 Å². The van der Waals surface area contributed by atoms with Gasteiger partial charge >= 0.3 is 0 Å². The number of nitrogens with zero attached hydrogens (tertiary/aromatic N) is 4. The van der Waals surface area contributed by atoms with Gasteiger partial charge in [-0.25, -0.2) is 4.98 Å². The van der Waals surface area contributed by atoms with Crippen LogP contribution >= 0.6 is 0 Å². The van der Waals surface area contributed by atoms with Crippen molar-refractivity contribution in [2.24, 2.45) is 0 Å². The van der Waals surface area contributed by atoms with Crippen LogP contribution < -0.4 is 11.1 Å². The van der Waals surface area contributed by atoms with Gasteiger partial charge in [-0.1, -0.05) is 0 Å². The second kappa shape index (κ2) is 5.49. The van der Waals surface area contributed by atoms with Gasteiger partial charge in [-0.15, -0.1) is 5.10 Å². The van der Waals surface area contributed by atoms with E-state index in [0.717, 1.165) is 6.07 Å². The molecule has 108 valence electrons. The summed E-state index contributed by atoms with van der Waals surface area (Å²) in [5.41, 5.74) is 6.49. The Morgan fingerprint density at radius 1 is 1.29 bits per heavy atom. The third-order valence-electron chi connectivity index (χ3n) is 2.81. The number of nitrogens with two attached hydrogens (primary N) is 1. The van der Waals surface area contributed by atoms with Crippen molar-refractivity contribution in [3.05, 3.63) is 45.3 Å². The van der Waals surface area contributed by atoms with E-state index in [2.05, 4.69) is 20.5 Å². The fourth-order valence-corrected chi connectivity index (χ4v) is 1.53. The molecule has 0 aliphatic heterocycles. The Morgan fingerprint density at radius 2 is 2.00 bits per heavy atom. The molecule has 21 heavy (non-hydrogen) atoms. The summed E-state index contributed by atoms with van der Waals surface area (Å²) in [7, 11) is 0. The molecular weight excluding hydrogens is 276 g/mol. The van der Waals surface area contributed by atoms with Crippen molar-refractivity contribution in [2.45, 2.75) is 13.8 Å². The minimum absolute atomic E-state index is 0.0133. The molecule has 3 N–H and O–H groups in total. The van der Waals surface area contributed by atoms with Crippen LogP contribution in [0.2, 0.25) is 0 Å². The zero-order valence-corrected chi connectivity index (χ0v) is 11.3. The number of aryl methyl sites for hydroxylation is 2. The maximum absolute atomic E-state index is 12.0. The molecule has 0 aliphatic rings. The van der Waals surface area contributed by atoms with Crippen molar-refractivity contribution in [1.82, 2.24) is 15.2 Å². The number of carbonyl (C=O) groups is 1. The average Bonchev–Trinajstić information content (AvgIpc) is 2.43. The second-order valence-corrected chi connectivity index (χ2v) is 4.29. The summed E-state index contributed by atoms with van der Waals surface area (Å²) in [5, 5.41) is 20.8. The summed E-state index contributed by atoms with van der Waals surface area (Å²) < 4.78 is 0. The van der Waals surface area contributed by atoms with E-state index in [1.165, 1.54) is 12.1 Å². The van der Waals surface area contributed by atoms with Crippen LogP contribution in [0.3, 0.4) is 0 Å². The summed E-state index contributed by atoms with van der Waals surface area (Å²) in [5.74, 6) is -0.550. The minimum Gasteiger partial charge on any atom is -0.393 e. The number of amides is 1. The maximum Gasteiger partial charge on any atom is 0.292 e. The Balaban J connectivity index is 2.26. The van der Waals surface area contributed by atoms with Crippen molar-refractivity contribution >= 4 is 23.2 Å². The number of carbonyl (C=O) groups excluding carboxylic acids is 1. The highest BCUT2D eigenvalue weighted by molar-refractivity contribution is 6.04. The molecule has 1 aromatic carbocycles. The molecule has 2 rings (SSSR count). The zero-order chi connectivity index (χ0) is 15.6. The maximum atomic E-state index is 12.0. The third-order valence-corrected chi connectivity index (χ3v) is 2.81. The Morgan fingerprint density at radius 3 is 2.62 bits per heavy atom. The molecule has 0 bridgehead atoms. The lowest BCUT2D eigenvalue weighted by Crippen LogP contribution is -2.16. The number of anilines is 2. The Bertz CT molecular complexity index is 731. The van der Waals surface area contributed by atoms with Gasteiger partial charge in [-0.2, -0.15) is 5.10 Å². The van der Waals surface area contributed by atoms with Gasteiger partial charge in [0, 0.05) is 11.6 Å². The van der Waals surface area contributed by atoms with Crippen LogP contribution in [0.25, 0.3) is 0 Å². The average molecular weight is 288 g/mol. The standard InChI is InChI=1S/C12H12N6O3/c1-6-7(2)16-17-12(14-6)15-11(19)8-3-4-9(13)10(5-8)18(20)21/h3-5H,13H2,1-2H3,(H,14,15,17,19). The second-order valence-electron chi connectivity index (χ2n) is 4.29. The number of nitrogens with one attached hydrogen (secondary N) is 1. The van der Waals surface area contributed by atoms with Crippen LogP contribution in [-0.2, 0) is 0 Å². The largest absolute Gasteiger partial charge is 0.393 e. The highest BCUT2D eigenvalue weighted by Gasteiger charge is 2.16. The van der Waals surface area contributed by atoms with Gasteiger partial charge in [0.25, 0.3) is 11.6 Å². The van der Waals surface area contributed by atoms with Gasteiger partial charge in [-0.05, 0) is 26.0 Å². The monoisotopic (exact) mass is 288 g/mol. The first-order valence-electron chi connectivity index (χ1n) is 5.91. The number of hydrogen-bond donors (Lipinski definition) is 2. The van der Waals surface area contributed by atoms with Crippen molar-refractivity contribution in [1.29, 1.82) is 0 Å². The first kappa shape index (κ1) is 14.3. The highest BCUT2D eigenvalue weighted by Crippen LogP contribution is 2.22. The molecule has 0 spiro atoms. The van der Waals surface area contributed by atoms with Crippen LogP contribution in [0.5, 0.6) is 0 Å². The molecule has 0 saturated carbocycles. The minimum atomic E-state index is -0.653. The molecule has 0 aliphatic carbocycles. The molecule has 0 atom stereocenters. The summed E-state index contributed by atoms with van der Waals surface area (Å²) >= 11 is 0. The van der Waals surface area contributed by atoms with Crippen molar-refractivity contribution < 1.29 is 9.72 Å². The van der Waals surface area contributed by atoms with Crippen molar-refractivity contribution in [3.8, 4) is 0 Å². The molecule has 9 heteroatoms. The summed E-state index contributed by atoms with van der Waals surface area (Å²) in [4.78, 5) is 26.2. The SMILES string of the molecule is Cc1nnc(NC(=O)c2ccc(N)c([N+](=O)[O-])c2)nc1C. The molecule has 0 fully saturated rings. The van der Waals surface area contributed by atoms with Crippen molar-refractivity contribution in [2.75, 3.05) is 11.1 Å². The van der Waals surface area contributed by atoms with Gasteiger partial charge in [0.05, 0.1) is 16.3 Å². The van der Waals surface area contributed by atoms with E-state index in [4.69, 9.17) is 5.73 Å². The highest BCUT2D eigenvalue weighted by atomic mass is 16.6. The molecule has 1 heterocycles. The Kier molecular flexibility index (Phi) is 3.74. The van der Waals surface area contributed by atoms with Gasteiger partial charge in [0.1, 0.15) is 5.69 Å². The lowest BCUT2D eigenvalue weighted by Gasteiger charge is -2.05. The molecule has 9 nitrogen and oxygen atoms in total. The van der Waals surface area contributed by atoms with Crippen LogP contribution in [-0.4, -0.2) is 26.0 Å². The summed E-state index contributed by atoms with van der Waals surface area (Å²) in [6.45, 7) is 3.47. The lowest BCUT2D eigenvalue weighted by atomic mass is 10.1. The van der Waals surface area contributed by atoms with Crippen LogP contribution in [0, 0.1) is 24.0 Å². The number of nitrogen functional groups attached to an aromatic ring is 1. The molecule has 2 aromatic rings. The first-order valence-corrected chi connectivity index (χ1v) is 5.91. The zero-order valence-electron chi connectivity index (χ0n) is 11.3. The molecule has 0 unspecified atom stereocenters. The predicted octanol–water partition coefficient (Wildman–Crippen LogP) is 1.23. The summed E-state index contributed by atoms with van der Waals surface area (Å²) in [6, 6.07) is 3.78. The molecule has 1 aromatic heterocycles. The van der Waals surface area contributed by atoms with E-state index in [-0.39, 0.29) is 22.9 Å². The van der Waals surface area contributed by atoms with Gasteiger partial charge in [0.2, 0.25) is 5.95 Å². The van der Waals surface area contributed by atoms with Crippen molar-refractivity contribution in [3.63, 3.8) is 0 Å². The summed E-state index contributed by atoms with van der Waals surface area (Å²) in [6.07, 6.45) is 0. The fourth-order valence-electron chi connectivity index (χ4n) is 1.53. The molecule has 0 saturated heterocycles. The van der Waals surface area contributed by atoms with Gasteiger partial charge in [0.15, 0.2) is 0 Å². The van der Waals surface area contributed by atoms with E-state index in [0.29, 0.717) is 11.4 Å². The third kappa shape index (κ3) is 3.08. The molecule has 0 radical (unpaired) electrons. The number of nitro groups is 1. The van der Waals surface area contributed by atoms with Crippen LogP contribution in [0.1, 0.15) is 21.7 Å². The number of hydrogen-bond acceptors (Lipinski definition) is 7. The normalized spacial score (nSPS) is 10.2. The van der Waals surface area contributed by atoms with Crippen LogP contribution in [0.15, 0.2) is 18.2 Å². The predicted molar refractivity (Wildman–Crippen MR) is 74.8 cm³/mol.